The molecule has 1 aliphatic rings. The zero-order valence-electron chi connectivity index (χ0n) is 18.2. The SMILES string of the molecule is Cc1noc(C)c1-c1nc(CN2CCCN(C(=O)CCOc3ccccc3F)CC2)no1. The van der Waals surface area contributed by atoms with E-state index in [0.29, 0.717) is 49.3 Å². The van der Waals surface area contributed by atoms with Crippen LogP contribution in [0.5, 0.6) is 5.75 Å². The van der Waals surface area contributed by atoms with Crippen LogP contribution in [0, 0.1) is 19.7 Å². The van der Waals surface area contributed by atoms with Crippen molar-refractivity contribution in [2.24, 2.45) is 0 Å². The van der Waals surface area contributed by atoms with Gasteiger partial charge in [0.1, 0.15) is 11.3 Å². The molecule has 0 atom stereocenters. The van der Waals surface area contributed by atoms with Crippen LogP contribution in [0.2, 0.25) is 0 Å². The summed E-state index contributed by atoms with van der Waals surface area (Å²) in [6, 6.07) is 6.19. The summed E-state index contributed by atoms with van der Waals surface area (Å²) in [6.07, 6.45) is 1.05. The fourth-order valence-corrected chi connectivity index (χ4v) is 3.75. The van der Waals surface area contributed by atoms with E-state index in [2.05, 4.69) is 20.2 Å². The Bertz CT molecular complexity index is 1050. The molecule has 1 aliphatic heterocycles. The fraction of sp³-hybridized carbons (Fsp3) is 0.455. The number of rotatable bonds is 7. The lowest BCUT2D eigenvalue weighted by Gasteiger charge is -2.21. The first-order chi connectivity index (χ1) is 15.5. The van der Waals surface area contributed by atoms with Crippen molar-refractivity contribution in [1.29, 1.82) is 0 Å². The summed E-state index contributed by atoms with van der Waals surface area (Å²) in [4.78, 5) is 21.1. The minimum Gasteiger partial charge on any atom is -0.490 e. The number of hydrogen-bond acceptors (Lipinski definition) is 8. The molecule has 9 nitrogen and oxygen atoms in total. The van der Waals surface area contributed by atoms with Gasteiger partial charge in [0.15, 0.2) is 17.4 Å². The molecule has 1 aromatic carbocycles. The highest BCUT2D eigenvalue weighted by Crippen LogP contribution is 2.25. The Balaban J connectivity index is 1.26. The maximum atomic E-state index is 13.6. The average Bonchev–Trinajstić information content (AvgIpc) is 3.27. The van der Waals surface area contributed by atoms with Gasteiger partial charge in [-0.05, 0) is 32.4 Å². The second kappa shape index (κ2) is 9.90. The number of aryl methyl sites for hydroxylation is 2. The van der Waals surface area contributed by atoms with E-state index in [-0.39, 0.29) is 24.7 Å². The molecule has 1 amide bonds. The monoisotopic (exact) mass is 443 g/mol. The zero-order chi connectivity index (χ0) is 22.5. The number of carbonyl (C=O) groups excluding carboxylic acids is 1. The molecule has 2 aromatic heterocycles. The third-order valence-electron chi connectivity index (χ3n) is 5.43. The summed E-state index contributed by atoms with van der Waals surface area (Å²) in [5, 5.41) is 8.00. The highest BCUT2D eigenvalue weighted by atomic mass is 19.1. The zero-order valence-corrected chi connectivity index (χ0v) is 18.2. The van der Waals surface area contributed by atoms with Crippen LogP contribution in [0.4, 0.5) is 4.39 Å². The molecule has 0 saturated carbocycles. The summed E-state index contributed by atoms with van der Waals surface area (Å²) in [6.45, 7) is 7.12. The molecule has 3 heterocycles. The molecule has 0 spiro atoms. The molecule has 0 aliphatic carbocycles. The molecule has 0 N–H and O–H groups in total. The van der Waals surface area contributed by atoms with Crippen molar-refractivity contribution in [2.75, 3.05) is 32.8 Å². The van der Waals surface area contributed by atoms with Crippen molar-refractivity contribution in [3.05, 3.63) is 47.4 Å². The van der Waals surface area contributed by atoms with Gasteiger partial charge in [-0.2, -0.15) is 4.98 Å². The molecule has 0 radical (unpaired) electrons. The number of amides is 1. The van der Waals surface area contributed by atoms with Crippen molar-refractivity contribution in [3.8, 4) is 17.2 Å². The smallest absolute Gasteiger partial charge is 0.263 e. The number of para-hydroxylation sites is 1. The van der Waals surface area contributed by atoms with E-state index < -0.39 is 5.82 Å². The van der Waals surface area contributed by atoms with Crippen molar-refractivity contribution in [3.63, 3.8) is 0 Å². The molecular weight excluding hydrogens is 417 g/mol. The van der Waals surface area contributed by atoms with E-state index in [4.69, 9.17) is 13.8 Å². The van der Waals surface area contributed by atoms with E-state index >= 15 is 0 Å². The van der Waals surface area contributed by atoms with Gasteiger partial charge in [-0.3, -0.25) is 9.69 Å². The number of aromatic nitrogens is 3. The predicted octanol–water partition coefficient (Wildman–Crippen LogP) is 2.98. The van der Waals surface area contributed by atoms with Gasteiger partial charge in [-0.1, -0.05) is 22.4 Å². The minimum atomic E-state index is -0.427. The number of ether oxygens (including phenoxy) is 1. The van der Waals surface area contributed by atoms with Crippen molar-refractivity contribution < 1.29 is 23.0 Å². The molecule has 0 bridgehead atoms. The van der Waals surface area contributed by atoms with E-state index in [9.17, 15) is 9.18 Å². The van der Waals surface area contributed by atoms with Gasteiger partial charge >= 0.3 is 0 Å². The topological polar surface area (TPSA) is 97.7 Å². The van der Waals surface area contributed by atoms with Crippen LogP contribution in [0.25, 0.3) is 11.5 Å². The number of hydrogen-bond donors (Lipinski definition) is 0. The first kappa shape index (κ1) is 21.9. The Morgan fingerprint density at radius 1 is 1.12 bits per heavy atom. The molecule has 32 heavy (non-hydrogen) atoms. The summed E-state index contributed by atoms with van der Waals surface area (Å²) in [5.41, 5.74) is 1.44. The fourth-order valence-electron chi connectivity index (χ4n) is 3.75. The Morgan fingerprint density at radius 2 is 1.97 bits per heavy atom. The van der Waals surface area contributed by atoms with Crippen molar-refractivity contribution in [1.82, 2.24) is 25.1 Å². The van der Waals surface area contributed by atoms with E-state index in [1.54, 1.807) is 25.1 Å². The number of nitrogens with zero attached hydrogens (tertiary/aromatic N) is 5. The maximum Gasteiger partial charge on any atom is 0.263 e. The minimum absolute atomic E-state index is 0.00319. The second-order valence-electron chi connectivity index (χ2n) is 7.75. The molecular formula is C22H26FN5O4. The quantitative estimate of drug-likeness (QED) is 0.550. The van der Waals surface area contributed by atoms with Gasteiger partial charge in [-0.25, -0.2) is 4.39 Å². The van der Waals surface area contributed by atoms with Gasteiger partial charge in [0, 0.05) is 26.2 Å². The van der Waals surface area contributed by atoms with Crippen LogP contribution >= 0.6 is 0 Å². The van der Waals surface area contributed by atoms with Crippen LogP contribution in [0.15, 0.2) is 33.3 Å². The van der Waals surface area contributed by atoms with Crippen molar-refractivity contribution in [2.45, 2.75) is 33.2 Å². The Labute approximate surface area is 185 Å². The lowest BCUT2D eigenvalue weighted by atomic mass is 10.2. The highest BCUT2D eigenvalue weighted by molar-refractivity contribution is 5.76. The predicted molar refractivity (Wildman–Crippen MR) is 112 cm³/mol. The summed E-state index contributed by atoms with van der Waals surface area (Å²) < 4.78 is 29.6. The van der Waals surface area contributed by atoms with Crippen LogP contribution in [-0.4, -0.2) is 63.8 Å². The second-order valence-corrected chi connectivity index (χ2v) is 7.75. The van der Waals surface area contributed by atoms with E-state index in [0.717, 1.165) is 18.5 Å². The average molecular weight is 443 g/mol. The Morgan fingerprint density at radius 3 is 2.75 bits per heavy atom. The number of halogens is 1. The summed E-state index contributed by atoms with van der Waals surface area (Å²) in [5.74, 6) is 1.36. The number of benzene rings is 1. The van der Waals surface area contributed by atoms with Crippen molar-refractivity contribution >= 4 is 5.91 Å². The standard InChI is InChI=1S/C22H26FN5O4/c1-15-21(16(2)31-25-15)22-24-19(26-32-22)14-27-9-5-10-28(12-11-27)20(29)8-13-30-18-7-4-3-6-17(18)23/h3-4,6-7H,5,8-14H2,1-2H3. The van der Waals surface area contributed by atoms with Gasteiger partial charge in [0.2, 0.25) is 5.91 Å². The first-order valence-corrected chi connectivity index (χ1v) is 10.6. The molecule has 0 unspecified atom stereocenters. The molecule has 1 fully saturated rings. The highest BCUT2D eigenvalue weighted by Gasteiger charge is 2.22. The summed E-state index contributed by atoms with van der Waals surface area (Å²) >= 11 is 0. The molecule has 1 saturated heterocycles. The van der Waals surface area contributed by atoms with Gasteiger partial charge in [-0.15, -0.1) is 0 Å². The molecule has 4 rings (SSSR count). The lowest BCUT2D eigenvalue weighted by molar-refractivity contribution is -0.131. The number of carbonyl (C=O) groups is 1. The van der Waals surface area contributed by atoms with Crippen LogP contribution in [0.1, 0.15) is 30.1 Å². The normalized spacial score (nSPS) is 15.0. The first-order valence-electron chi connectivity index (χ1n) is 10.6. The maximum absolute atomic E-state index is 13.6. The van der Waals surface area contributed by atoms with Gasteiger partial charge in [0.05, 0.1) is 25.3 Å². The van der Waals surface area contributed by atoms with Gasteiger partial charge < -0.3 is 18.7 Å². The van der Waals surface area contributed by atoms with Crippen LogP contribution in [-0.2, 0) is 11.3 Å². The third kappa shape index (κ3) is 5.13. The molecule has 3 aromatic rings. The summed E-state index contributed by atoms with van der Waals surface area (Å²) in [7, 11) is 0. The Hall–Kier alpha value is -3.27. The Kier molecular flexibility index (Phi) is 6.79. The van der Waals surface area contributed by atoms with E-state index in [1.807, 2.05) is 11.8 Å². The van der Waals surface area contributed by atoms with Crippen LogP contribution < -0.4 is 4.74 Å². The van der Waals surface area contributed by atoms with Crippen LogP contribution in [0.3, 0.4) is 0 Å². The largest absolute Gasteiger partial charge is 0.490 e. The lowest BCUT2D eigenvalue weighted by Crippen LogP contribution is -2.35. The molecule has 10 heteroatoms. The molecule has 170 valence electrons. The van der Waals surface area contributed by atoms with E-state index in [1.165, 1.54) is 6.07 Å². The van der Waals surface area contributed by atoms with Gasteiger partial charge in [0.25, 0.3) is 5.89 Å². The third-order valence-corrected chi connectivity index (χ3v) is 5.43.